The number of anilines is 1. The lowest BCUT2D eigenvalue weighted by Gasteiger charge is -2.33. The summed E-state index contributed by atoms with van der Waals surface area (Å²) in [5.74, 6) is -0.617. The van der Waals surface area contributed by atoms with Crippen molar-refractivity contribution in [1.29, 1.82) is 0 Å². The maximum atomic E-state index is 14.7. The number of fused-ring (bicyclic) bond motifs is 1. The number of benzene rings is 1. The van der Waals surface area contributed by atoms with Gasteiger partial charge in [0.15, 0.2) is 0 Å². The molecule has 0 bridgehead atoms. The van der Waals surface area contributed by atoms with Gasteiger partial charge >= 0.3 is 6.18 Å². The summed E-state index contributed by atoms with van der Waals surface area (Å²) in [4.78, 5) is 22.0. The van der Waals surface area contributed by atoms with Crippen molar-refractivity contribution in [3.63, 3.8) is 0 Å². The highest BCUT2D eigenvalue weighted by Gasteiger charge is 2.35. The number of allylic oxidation sites excluding steroid dienone is 1. The molecule has 1 unspecified atom stereocenters. The zero-order valence-electron chi connectivity index (χ0n) is 21.5. The molecule has 3 heterocycles. The summed E-state index contributed by atoms with van der Waals surface area (Å²) in [6, 6.07) is 8.08. The number of hydrogen-bond acceptors (Lipinski definition) is 5. The second-order valence-corrected chi connectivity index (χ2v) is 9.48. The first kappa shape index (κ1) is 29.1. The van der Waals surface area contributed by atoms with Gasteiger partial charge in [0.05, 0.1) is 23.0 Å². The molecule has 0 radical (unpaired) electrons. The Hall–Kier alpha value is -3.93. The average Bonchev–Trinajstić information content (AvgIpc) is 2.91. The lowest BCUT2D eigenvalue weighted by atomic mass is 9.99. The van der Waals surface area contributed by atoms with Crippen molar-refractivity contribution in [2.75, 3.05) is 32.0 Å². The zero-order chi connectivity index (χ0) is 29.0. The Labute approximate surface area is 226 Å². The van der Waals surface area contributed by atoms with Crippen molar-refractivity contribution in [1.82, 2.24) is 20.2 Å². The van der Waals surface area contributed by atoms with E-state index < -0.39 is 36.3 Å². The molecule has 2 N–H and O–H groups in total. The average molecular weight is 564 g/mol. The van der Waals surface area contributed by atoms with Crippen molar-refractivity contribution < 1.29 is 31.1 Å². The van der Waals surface area contributed by atoms with Gasteiger partial charge in [-0.05, 0) is 43.8 Å². The number of carbonyl (C=O) groups excluding carboxylic acids is 1. The normalized spacial score (nSPS) is 18.4. The van der Waals surface area contributed by atoms with Crippen molar-refractivity contribution in [2.24, 2.45) is 0 Å². The van der Waals surface area contributed by atoms with E-state index in [1.54, 1.807) is 18.2 Å². The van der Waals surface area contributed by atoms with Gasteiger partial charge in [0.25, 0.3) is 12.3 Å². The standard InChI is InChI=1S/C28H27F6N5O/c1-16(28(32,33)34)25-19-6-3-7-22(38-23-10-12-39(2)15-21(23)29)20(19)13-18(37-25)5-4-11-35-27(40)24-9-8-17(14-36-24)26(30)31/h3-9,13-14,21,23,26,38H,1,10-12,15H2,2H3,(H,35,40)/b5-4+/t21?,23-/m1/s1. The zero-order valence-corrected chi connectivity index (χ0v) is 21.5. The molecular formula is C28H27F6N5O. The molecule has 1 saturated heterocycles. The maximum Gasteiger partial charge on any atom is 0.417 e. The van der Waals surface area contributed by atoms with Gasteiger partial charge in [-0.15, -0.1) is 0 Å². The fraction of sp³-hybridized carbons (Fsp3) is 0.321. The lowest BCUT2D eigenvalue weighted by Crippen LogP contribution is -2.46. The van der Waals surface area contributed by atoms with E-state index in [4.69, 9.17) is 0 Å². The van der Waals surface area contributed by atoms with E-state index in [9.17, 15) is 31.1 Å². The van der Waals surface area contributed by atoms with Crippen LogP contribution in [0.4, 0.5) is 32.0 Å². The van der Waals surface area contributed by atoms with Crippen molar-refractivity contribution in [3.8, 4) is 0 Å². The number of carbonyl (C=O) groups is 1. The van der Waals surface area contributed by atoms with Crippen LogP contribution in [0, 0.1) is 0 Å². The molecule has 40 heavy (non-hydrogen) atoms. The van der Waals surface area contributed by atoms with E-state index in [0.717, 1.165) is 12.3 Å². The summed E-state index contributed by atoms with van der Waals surface area (Å²) in [5.41, 5.74) is -1.24. The van der Waals surface area contributed by atoms with Gasteiger partial charge in [-0.3, -0.25) is 9.78 Å². The number of likely N-dealkylation sites (tertiary alicyclic amines) is 1. The molecule has 1 aromatic carbocycles. The van der Waals surface area contributed by atoms with Crippen molar-refractivity contribution in [2.45, 2.75) is 31.2 Å². The number of rotatable bonds is 8. The Bertz CT molecular complexity index is 1410. The highest BCUT2D eigenvalue weighted by molar-refractivity contribution is 6.01. The minimum absolute atomic E-state index is 0.0363. The third-order valence-electron chi connectivity index (χ3n) is 6.55. The topological polar surface area (TPSA) is 70.1 Å². The van der Waals surface area contributed by atoms with Gasteiger partial charge in [-0.2, -0.15) is 13.2 Å². The molecule has 0 aliphatic carbocycles. The second kappa shape index (κ2) is 12.1. The molecule has 2 atom stereocenters. The van der Waals surface area contributed by atoms with E-state index in [0.29, 0.717) is 24.0 Å². The fourth-order valence-corrected chi connectivity index (χ4v) is 4.38. The minimum atomic E-state index is -4.73. The maximum absolute atomic E-state index is 14.7. The van der Waals surface area contributed by atoms with E-state index in [1.165, 1.54) is 24.3 Å². The molecule has 6 nitrogen and oxygen atoms in total. The number of piperidine rings is 1. The predicted molar refractivity (Wildman–Crippen MR) is 142 cm³/mol. The quantitative estimate of drug-likeness (QED) is 0.327. The van der Waals surface area contributed by atoms with Crippen LogP contribution >= 0.6 is 0 Å². The number of nitrogens with zero attached hydrogens (tertiary/aromatic N) is 3. The Balaban J connectivity index is 1.59. The second-order valence-electron chi connectivity index (χ2n) is 9.48. The number of pyridine rings is 2. The summed E-state index contributed by atoms with van der Waals surface area (Å²) < 4.78 is 81.0. The Morgan fingerprint density at radius 1 is 1.23 bits per heavy atom. The molecule has 1 amide bonds. The first-order chi connectivity index (χ1) is 18.9. The molecule has 4 rings (SSSR count). The number of nitrogens with one attached hydrogen (secondary N) is 2. The predicted octanol–water partition coefficient (Wildman–Crippen LogP) is 6.04. The van der Waals surface area contributed by atoms with Crippen LogP contribution in [0.15, 0.2) is 55.3 Å². The fourth-order valence-electron chi connectivity index (χ4n) is 4.38. The first-order valence-electron chi connectivity index (χ1n) is 12.4. The Kier molecular flexibility index (Phi) is 8.77. The van der Waals surface area contributed by atoms with Crippen LogP contribution in [-0.4, -0.2) is 65.8 Å². The summed E-state index contributed by atoms with van der Waals surface area (Å²) >= 11 is 0. The molecule has 0 saturated carbocycles. The van der Waals surface area contributed by atoms with Crippen LogP contribution in [0.1, 0.15) is 40.3 Å². The molecule has 12 heteroatoms. The lowest BCUT2D eigenvalue weighted by molar-refractivity contribution is -0.0688. The van der Waals surface area contributed by atoms with Gasteiger partial charge in [0.2, 0.25) is 0 Å². The molecule has 3 aromatic rings. The van der Waals surface area contributed by atoms with Crippen LogP contribution in [-0.2, 0) is 0 Å². The van der Waals surface area contributed by atoms with Crippen LogP contribution in [0.2, 0.25) is 0 Å². The highest BCUT2D eigenvalue weighted by atomic mass is 19.4. The third kappa shape index (κ3) is 6.79. The molecule has 0 spiro atoms. The van der Waals surface area contributed by atoms with Gasteiger partial charge in [-0.1, -0.05) is 24.8 Å². The number of alkyl halides is 6. The van der Waals surface area contributed by atoms with Gasteiger partial charge < -0.3 is 15.5 Å². The van der Waals surface area contributed by atoms with E-state index >= 15 is 0 Å². The summed E-state index contributed by atoms with van der Waals surface area (Å²) in [6.45, 7) is 4.09. The SMILES string of the molecule is C=C(c1nc(/C=C/CNC(=O)c2ccc(C(F)F)cn2)cc2c(N[C@@H]3CCN(C)CC3F)cccc12)C(F)(F)F. The molecule has 1 fully saturated rings. The number of amides is 1. The van der Waals surface area contributed by atoms with Crippen LogP contribution in [0.5, 0.6) is 0 Å². The number of aromatic nitrogens is 2. The Morgan fingerprint density at radius 2 is 2.00 bits per heavy atom. The van der Waals surface area contributed by atoms with Gasteiger partial charge in [-0.25, -0.2) is 18.2 Å². The molecular weight excluding hydrogens is 536 g/mol. The molecule has 212 valence electrons. The highest BCUT2D eigenvalue weighted by Crippen LogP contribution is 2.37. The third-order valence-corrected chi connectivity index (χ3v) is 6.55. The van der Waals surface area contributed by atoms with E-state index in [1.807, 2.05) is 11.9 Å². The largest absolute Gasteiger partial charge is 0.417 e. The van der Waals surface area contributed by atoms with Crippen LogP contribution < -0.4 is 10.6 Å². The van der Waals surface area contributed by atoms with Crippen LogP contribution in [0.25, 0.3) is 22.4 Å². The smallest absolute Gasteiger partial charge is 0.379 e. The van der Waals surface area contributed by atoms with Crippen LogP contribution in [0.3, 0.4) is 0 Å². The summed E-state index contributed by atoms with van der Waals surface area (Å²) in [7, 11) is 1.82. The molecule has 2 aromatic heterocycles. The monoisotopic (exact) mass is 563 g/mol. The summed E-state index contributed by atoms with van der Waals surface area (Å²) in [5, 5.41) is 6.31. The number of halogens is 6. The van der Waals surface area contributed by atoms with Crippen molar-refractivity contribution >= 4 is 34.0 Å². The van der Waals surface area contributed by atoms with Gasteiger partial charge in [0, 0.05) is 47.9 Å². The van der Waals surface area contributed by atoms with E-state index in [-0.39, 0.29) is 41.1 Å². The van der Waals surface area contributed by atoms with Gasteiger partial charge in [0.1, 0.15) is 11.9 Å². The summed E-state index contributed by atoms with van der Waals surface area (Å²) in [6.07, 6.45) is -4.26. The minimum Gasteiger partial charge on any atom is -0.379 e. The molecule has 1 aliphatic rings. The van der Waals surface area contributed by atoms with Crippen molar-refractivity contribution in [3.05, 3.63) is 77.9 Å². The van der Waals surface area contributed by atoms with E-state index in [2.05, 4.69) is 27.2 Å². The Morgan fingerprint density at radius 3 is 2.65 bits per heavy atom. The molecule has 1 aliphatic heterocycles. The first-order valence-corrected chi connectivity index (χ1v) is 12.4. The number of hydrogen-bond donors (Lipinski definition) is 2.